The lowest BCUT2D eigenvalue weighted by molar-refractivity contribution is -0.0500. The van der Waals surface area contributed by atoms with Crippen molar-refractivity contribution in [3.8, 4) is 11.8 Å². The van der Waals surface area contributed by atoms with E-state index in [0.29, 0.717) is 11.1 Å². The molecule has 0 N–H and O–H groups in total. The molecule has 3 rings (SSSR count). The first kappa shape index (κ1) is 24.8. The second-order valence-electron chi connectivity index (χ2n) is 7.49. The van der Waals surface area contributed by atoms with E-state index in [9.17, 15) is 26.9 Å². The quantitative estimate of drug-likeness (QED) is 0.238. The summed E-state index contributed by atoms with van der Waals surface area (Å²) in [6.07, 6.45) is 3.22. The van der Waals surface area contributed by atoms with Gasteiger partial charge in [0.1, 0.15) is 0 Å². The molecule has 0 amide bonds. The molecule has 2 atom stereocenters. The number of nitrogens with zero attached hydrogens (tertiary/aromatic N) is 1. The minimum Gasteiger partial charge on any atom is -0.374 e. The van der Waals surface area contributed by atoms with Crippen LogP contribution in [0.3, 0.4) is 0 Å². The number of hydrogen-bond donors (Lipinski definition) is 0. The van der Waals surface area contributed by atoms with Crippen LogP contribution in [-0.4, -0.2) is 13.9 Å². The van der Waals surface area contributed by atoms with E-state index in [1.54, 1.807) is 32.1 Å². The lowest BCUT2D eigenvalue weighted by Gasteiger charge is -2.36. The molecule has 4 nitrogen and oxygen atoms in total. The summed E-state index contributed by atoms with van der Waals surface area (Å²) < 4.78 is 67.9. The van der Waals surface area contributed by atoms with Crippen LogP contribution in [0.25, 0.3) is 0 Å². The molecule has 0 saturated heterocycles. The summed E-state index contributed by atoms with van der Waals surface area (Å²) >= 11 is 3.11. The normalized spacial score (nSPS) is 18.3. The van der Waals surface area contributed by atoms with Crippen LogP contribution >= 0.6 is 15.9 Å². The van der Waals surface area contributed by atoms with Crippen molar-refractivity contribution < 1.29 is 25.8 Å². The highest BCUT2D eigenvalue weighted by atomic mass is 79.9. The molecule has 0 bridgehead atoms. The molecular weight excluding hydrogens is 519 g/mol. The Morgan fingerprint density at radius 3 is 2.30 bits per heavy atom. The molecule has 0 aromatic heterocycles. The van der Waals surface area contributed by atoms with Gasteiger partial charge in [0.25, 0.3) is 0 Å². The number of alkyl halides is 3. The minimum absolute atomic E-state index is 0.0693. The molecule has 2 unspecified atom stereocenters. The summed E-state index contributed by atoms with van der Waals surface area (Å²) in [6, 6.07) is 10.7. The molecule has 1 aliphatic rings. The molecule has 2 aromatic carbocycles. The van der Waals surface area contributed by atoms with Gasteiger partial charge in [-0.15, -0.1) is 0 Å². The Morgan fingerprint density at radius 2 is 1.79 bits per heavy atom. The van der Waals surface area contributed by atoms with Crippen LogP contribution < -0.4 is 4.18 Å². The standard InChI is InChI=1S/C24H19BrF3NO3S/c1-5-13(3)16(6-2)22-18-10-8-7-9-17(18)14(4)20-21(22)15(12-29)11-19(25)23(20)32-33(30,31)24(26,27)28/h5-11,14,22H,1-2H2,3-4H3/b16-13+. The summed E-state index contributed by atoms with van der Waals surface area (Å²) in [7, 11) is -5.95. The highest BCUT2D eigenvalue weighted by molar-refractivity contribution is 9.10. The molecule has 0 saturated carbocycles. The number of fused-ring (bicyclic) bond motifs is 2. The van der Waals surface area contributed by atoms with Gasteiger partial charge in [0.15, 0.2) is 5.75 Å². The van der Waals surface area contributed by atoms with Crippen LogP contribution in [0.1, 0.15) is 53.5 Å². The van der Waals surface area contributed by atoms with Gasteiger partial charge in [-0.3, -0.25) is 0 Å². The van der Waals surface area contributed by atoms with Gasteiger partial charge in [-0.2, -0.15) is 26.9 Å². The molecular formula is C24H19BrF3NO3S. The first-order valence-electron chi connectivity index (χ1n) is 9.71. The van der Waals surface area contributed by atoms with Crippen molar-refractivity contribution in [1.29, 1.82) is 5.26 Å². The van der Waals surface area contributed by atoms with Crippen molar-refractivity contribution in [2.45, 2.75) is 31.2 Å². The maximum absolute atomic E-state index is 13.2. The van der Waals surface area contributed by atoms with E-state index in [2.05, 4.69) is 39.3 Å². The number of nitriles is 1. The average Bonchev–Trinajstić information content (AvgIpc) is 2.76. The van der Waals surface area contributed by atoms with Crippen LogP contribution in [-0.2, 0) is 10.1 Å². The molecule has 9 heteroatoms. The summed E-state index contributed by atoms with van der Waals surface area (Å²) in [5.74, 6) is -1.65. The Labute approximate surface area is 198 Å². The van der Waals surface area contributed by atoms with Gasteiger partial charge in [0.2, 0.25) is 0 Å². The van der Waals surface area contributed by atoms with E-state index in [-0.39, 0.29) is 15.6 Å². The highest BCUT2D eigenvalue weighted by Gasteiger charge is 2.50. The maximum Gasteiger partial charge on any atom is 0.534 e. The minimum atomic E-state index is -5.95. The van der Waals surface area contributed by atoms with E-state index in [0.717, 1.165) is 16.7 Å². The molecule has 172 valence electrons. The average molecular weight is 538 g/mol. The third-order valence-corrected chi connectivity index (χ3v) is 7.24. The van der Waals surface area contributed by atoms with Crippen LogP contribution in [0.2, 0.25) is 0 Å². The summed E-state index contributed by atoms with van der Waals surface area (Å²) in [6.45, 7) is 11.2. The van der Waals surface area contributed by atoms with E-state index in [1.165, 1.54) is 6.07 Å². The van der Waals surface area contributed by atoms with Crippen molar-refractivity contribution >= 4 is 26.0 Å². The van der Waals surface area contributed by atoms with Crippen molar-refractivity contribution in [3.05, 3.63) is 99.1 Å². The lowest BCUT2D eigenvalue weighted by Crippen LogP contribution is -2.29. The van der Waals surface area contributed by atoms with Gasteiger partial charge in [0, 0.05) is 17.4 Å². The van der Waals surface area contributed by atoms with Crippen molar-refractivity contribution in [2.24, 2.45) is 0 Å². The van der Waals surface area contributed by atoms with E-state index in [4.69, 9.17) is 0 Å². The van der Waals surface area contributed by atoms with Crippen molar-refractivity contribution in [1.82, 2.24) is 0 Å². The van der Waals surface area contributed by atoms with Gasteiger partial charge in [0.05, 0.1) is 16.1 Å². The SMILES string of the molecule is C=C/C(C)=C(\C=C)C1c2ccccc2C(C)c2c(OS(=O)(=O)C(F)(F)F)c(Br)cc(C#N)c21. The Morgan fingerprint density at radius 1 is 1.18 bits per heavy atom. The highest BCUT2D eigenvalue weighted by Crippen LogP contribution is 2.53. The zero-order chi connectivity index (χ0) is 24.7. The largest absolute Gasteiger partial charge is 0.534 e. The van der Waals surface area contributed by atoms with Gasteiger partial charge in [-0.05, 0) is 56.8 Å². The molecule has 33 heavy (non-hydrogen) atoms. The molecule has 0 spiro atoms. The summed E-state index contributed by atoms with van der Waals surface area (Å²) in [4.78, 5) is 0. The van der Waals surface area contributed by atoms with Crippen LogP contribution in [0.4, 0.5) is 13.2 Å². The monoisotopic (exact) mass is 537 g/mol. The zero-order valence-electron chi connectivity index (χ0n) is 17.7. The molecule has 2 aromatic rings. The molecule has 1 aliphatic carbocycles. The first-order chi connectivity index (χ1) is 15.4. The fraction of sp³-hybridized carbons (Fsp3) is 0.208. The number of rotatable bonds is 5. The zero-order valence-corrected chi connectivity index (χ0v) is 20.1. The van der Waals surface area contributed by atoms with Crippen LogP contribution in [0.5, 0.6) is 5.75 Å². The smallest absolute Gasteiger partial charge is 0.374 e. The third-order valence-electron chi connectivity index (χ3n) is 5.70. The fourth-order valence-corrected chi connectivity index (χ4v) is 5.29. The second-order valence-corrected chi connectivity index (χ2v) is 9.88. The Balaban J connectivity index is 2.49. The summed E-state index contributed by atoms with van der Waals surface area (Å²) in [5, 5.41) is 9.90. The van der Waals surface area contributed by atoms with E-state index < -0.39 is 33.2 Å². The summed E-state index contributed by atoms with van der Waals surface area (Å²) in [5.41, 5.74) is -1.84. The lowest BCUT2D eigenvalue weighted by atomic mass is 9.68. The van der Waals surface area contributed by atoms with Crippen molar-refractivity contribution in [2.75, 3.05) is 0 Å². The number of allylic oxidation sites excluding steroid dienone is 4. The van der Waals surface area contributed by atoms with E-state index >= 15 is 0 Å². The van der Waals surface area contributed by atoms with E-state index in [1.807, 2.05) is 18.2 Å². The first-order valence-corrected chi connectivity index (χ1v) is 11.9. The van der Waals surface area contributed by atoms with Crippen molar-refractivity contribution in [3.63, 3.8) is 0 Å². The van der Waals surface area contributed by atoms with Gasteiger partial charge < -0.3 is 4.18 Å². The molecule has 0 aliphatic heterocycles. The molecule has 0 heterocycles. The van der Waals surface area contributed by atoms with Crippen LogP contribution in [0.15, 0.2) is 71.3 Å². The predicted octanol–water partition coefficient (Wildman–Crippen LogP) is 6.83. The fourth-order valence-electron chi connectivity index (χ4n) is 4.17. The van der Waals surface area contributed by atoms with Gasteiger partial charge in [-0.25, -0.2) is 0 Å². The second kappa shape index (κ2) is 8.84. The van der Waals surface area contributed by atoms with Gasteiger partial charge >= 0.3 is 15.6 Å². The number of benzene rings is 2. The Hall–Kier alpha value is -2.83. The predicted molar refractivity (Wildman–Crippen MR) is 123 cm³/mol. The third kappa shape index (κ3) is 4.13. The maximum atomic E-state index is 13.2. The molecule has 0 fully saturated rings. The van der Waals surface area contributed by atoms with Crippen LogP contribution in [0, 0.1) is 11.3 Å². The number of hydrogen-bond acceptors (Lipinski definition) is 4. The van der Waals surface area contributed by atoms with Gasteiger partial charge in [-0.1, -0.05) is 56.5 Å². The topological polar surface area (TPSA) is 67.2 Å². The Kier molecular flexibility index (Phi) is 6.65. The Bertz CT molecular complexity index is 1340. The number of halogens is 4. The molecule has 0 radical (unpaired) electrons.